The number of ketones is 1. The zero-order valence-electron chi connectivity index (χ0n) is 11.5. The molecule has 1 unspecified atom stereocenters. The van der Waals surface area contributed by atoms with Crippen LogP contribution in [0.1, 0.15) is 62.5 Å². The summed E-state index contributed by atoms with van der Waals surface area (Å²) in [5, 5.41) is 14.5. The summed E-state index contributed by atoms with van der Waals surface area (Å²) in [5.74, 6) is -0.103. The molecule has 4 nitrogen and oxygen atoms in total. The third-order valence-electron chi connectivity index (χ3n) is 3.84. The Bertz CT molecular complexity index is 450. The van der Waals surface area contributed by atoms with Crippen LogP contribution in [0.3, 0.4) is 0 Å². The quantitative estimate of drug-likeness (QED) is 0.862. The third-order valence-corrected chi connectivity index (χ3v) is 4.42. The molecule has 1 atom stereocenters. The first-order chi connectivity index (χ1) is 9.02. The second kappa shape index (κ2) is 6.18. The maximum Gasteiger partial charge on any atom is 0.210 e. The third kappa shape index (κ3) is 3.08. The molecule has 2 rings (SSSR count). The fraction of sp³-hybridized carbons (Fsp3) is 0.714. The van der Waals surface area contributed by atoms with Gasteiger partial charge in [0.15, 0.2) is 0 Å². The molecule has 1 fully saturated rings. The van der Waals surface area contributed by atoms with E-state index in [0.29, 0.717) is 10.2 Å². The van der Waals surface area contributed by atoms with Crippen molar-refractivity contribution in [2.45, 2.75) is 58.1 Å². The van der Waals surface area contributed by atoms with Crippen LogP contribution >= 0.6 is 15.9 Å². The molecule has 1 aliphatic rings. The normalized spacial score (nSPS) is 18.8. The molecule has 0 radical (unpaired) electrons. The van der Waals surface area contributed by atoms with Gasteiger partial charge in [-0.1, -0.05) is 19.3 Å². The predicted octanol–water partition coefficient (Wildman–Crippen LogP) is 3.35. The van der Waals surface area contributed by atoms with E-state index < -0.39 is 6.10 Å². The first kappa shape index (κ1) is 14.7. The minimum atomic E-state index is -0.897. The van der Waals surface area contributed by atoms with E-state index in [2.05, 4.69) is 21.0 Å². The Kier molecular flexibility index (Phi) is 4.79. The molecule has 5 heteroatoms. The van der Waals surface area contributed by atoms with Crippen molar-refractivity contribution in [3.8, 4) is 0 Å². The van der Waals surface area contributed by atoms with Crippen LogP contribution in [0.4, 0.5) is 0 Å². The lowest BCUT2D eigenvalue weighted by atomic mass is 9.83. The summed E-state index contributed by atoms with van der Waals surface area (Å²) in [4.78, 5) is 12.5. The molecule has 0 spiro atoms. The summed E-state index contributed by atoms with van der Waals surface area (Å²) < 4.78 is 2.35. The van der Waals surface area contributed by atoms with Crippen molar-refractivity contribution in [1.82, 2.24) is 9.78 Å². The summed E-state index contributed by atoms with van der Waals surface area (Å²) in [7, 11) is 0. The standard InChI is InChI=1S/C14H21BrN2O2/c1-9(2)17-12(11(15)8-16-17)14(19)13(18)10-6-4-3-5-7-10/h8-10,13,18H,3-7H2,1-2H3. The summed E-state index contributed by atoms with van der Waals surface area (Å²) in [6.07, 6.45) is 6.05. The number of aliphatic hydroxyl groups excluding tert-OH is 1. The Morgan fingerprint density at radius 3 is 2.63 bits per heavy atom. The van der Waals surface area contributed by atoms with Gasteiger partial charge >= 0.3 is 0 Å². The second-order valence-corrected chi connectivity index (χ2v) is 6.44. The summed E-state index contributed by atoms with van der Waals surface area (Å²) >= 11 is 3.36. The van der Waals surface area contributed by atoms with Gasteiger partial charge in [0.1, 0.15) is 11.8 Å². The Hall–Kier alpha value is -0.680. The zero-order valence-corrected chi connectivity index (χ0v) is 13.1. The Morgan fingerprint density at radius 1 is 1.42 bits per heavy atom. The Morgan fingerprint density at radius 2 is 2.05 bits per heavy atom. The summed E-state index contributed by atoms with van der Waals surface area (Å²) in [6, 6.07) is 0.101. The minimum absolute atomic E-state index is 0.101. The number of carbonyl (C=O) groups is 1. The van der Waals surface area contributed by atoms with E-state index in [-0.39, 0.29) is 17.7 Å². The van der Waals surface area contributed by atoms with Gasteiger partial charge in [0, 0.05) is 6.04 Å². The molecule has 0 saturated heterocycles. The predicted molar refractivity (Wildman–Crippen MR) is 77.2 cm³/mol. The van der Waals surface area contributed by atoms with Gasteiger partial charge in [0.25, 0.3) is 0 Å². The van der Waals surface area contributed by atoms with Crippen molar-refractivity contribution in [2.24, 2.45) is 5.92 Å². The number of aromatic nitrogens is 2. The molecule has 0 amide bonds. The fourth-order valence-corrected chi connectivity index (χ4v) is 3.24. The molecule has 1 aromatic rings. The van der Waals surface area contributed by atoms with E-state index in [4.69, 9.17) is 0 Å². The molecule has 1 aliphatic carbocycles. The zero-order chi connectivity index (χ0) is 14.0. The number of nitrogens with zero attached hydrogens (tertiary/aromatic N) is 2. The van der Waals surface area contributed by atoms with Crippen LogP contribution < -0.4 is 0 Å². The van der Waals surface area contributed by atoms with E-state index in [1.54, 1.807) is 10.9 Å². The van der Waals surface area contributed by atoms with Crippen LogP contribution in [0, 0.1) is 5.92 Å². The van der Waals surface area contributed by atoms with Crippen LogP contribution in [-0.4, -0.2) is 26.8 Å². The first-order valence-electron chi connectivity index (χ1n) is 6.97. The Balaban J connectivity index is 2.21. The number of hydrogen-bond acceptors (Lipinski definition) is 3. The summed E-state index contributed by atoms with van der Waals surface area (Å²) in [6.45, 7) is 3.95. The largest absolute Gasteiger partial charge is 0.385 e. The van der Waals surface area contributed by atoms with E-state index >= 15 is 0 Å². The van der Waals surface area contributed by atoms with Gasteiger partial charge in [0.2, 0.25) is 5.78 Å². The van der Waals surface area contributed by atoms with E-state index in [1.165, 1.54) is 6.42 Å². The van der Waals surface area contributed by atoms with Gasteiger partial charge in [-0.25, -0.2) is 0 Å². The van der Waals surface area contributed by atoms with Crippen LogP contribution in [0.25, 0.3) is 0 Å². The summed E-state index contributed by atoms with van der Waals surface area (Å²) in [5.41, 5.74) is 0.494. The highest BCUT2D eigenvalue weighted by Crippen LogP contribution is 2.30. The Labute approximate surface area is 122 Å². The molecule has 0 bridgehead atoms. The van der Waals surface area contributed by atoms with Crippen LogP contribution in [0.5, 0.6) is 0 Å². The van der Waals surface area contributed by atoms with Crippen LogP contribution in [0.2, 0.25) is 0 Å². The maximum absolute atomic E-state index is 12.5. The minimum Gasteiger partial charge on any atom is -0.385 e. The molecular formula is C14H21BrN2O2. The van der Waals surface area contributed by atoms with Gasteiger partial charge in [-0.3, -0.25) is 9.48 Å². The van der Waals surface area contributed by atoms with Crippen molar-refractivity contribution in [2.75, 3.05) is 0 Å². The number of Topliss-reactive ketones (excluding diaryl/α,β-unsaturated/α-hetero) is 1. The van der Waals surface area contributed by atoms with Crippen molar-refractivity contribution >= 4 is 21.7 Å². The van der Waals surface area contributed by atoms with Gasteiger partial charge in [-0.05, 0) is 48.5 Å². The topological polar surface area (TPSA) is 55.1 Å². The number of aliphatic hydroxyl groups is 1. The van der Waals surface area contributed by atoms with E-state index in [0.717, 1.165) is 25.7 Å². The van der Waals surface area contributed by atoms with E-state index in [1.807, 2.05) is 13.8 Å². The lowest BCUT2D eigenvalue weighted by Gasteiger charge is -2.26. The van der Waals surface area contributed by atoms with Crippen LogP contribution in [0.15, 0.2) is 10.7 Å². The van der Waals surface area contributed by atoms with Gasteiger partial charge in [-0.15, -0.1) is 0 Å². The number of halogens is 1. The number of carbonyl (C=O) groups excluding carboxylic acids is 1. The SMILES string of the molecule is CC(C)n1ncc(Br)c1C(=O)C(O)C1CCCCC1. The molecule has 1 N–H and O–H groups in total. The average molecular weight is 329 g/mol. The monoisotopic (exact) mass is 328 g/mol. The van der Waals surface area contributed by atoms with Crippen LogP contribution in [-0.2, 0) is 0 Å². The molecule has 0 aromatic carbocycles. The molecule has 0 aliphatic heterocycles. The van der Waals surface area contributed by atoms with E-state index in [9.17, 15) is 9.90 Å². The lowest BCUT2D eigenvalue weighted by molar-refractivity contribution is 0.0521. The number of hydrogen-bond donors (Lipinski definition) is 1. The molecule has 106 valence electrons. The van der Waals surface area contributed by atoms with Crippen molar-refractivity contribution in [1.29, 1.82) is 0 Å². The maximum atomic E-state index is 12.5. The molecule has 1 heterocycles. The van der Waals surface area contributed by atoms with Gasteiger partial charge in [0.05, 0.1) is 10.7 Å². The molecule has 1 saturated carbocycles. The average Bonchev–Trinajstić information content (AvgIpc) is 2.80. The lowest BCUT2D eigenvalue weighted by Crippen LogP contribution is -2.33. The van der Waals surface area contributed by atoms with Crippen molar-refractivity contribution in [3.05, 3.63) is 16.4 Å². The van der Waals surface area contributed by atoms with Gasteiger partial charge < -0.3 is 5.11 Å². The first-order valence-corrected chi connectivity index (χ1v) is 7.77. The fourth-order valence-electron chi connectivity index (χ4n) is 2.77. The number of rotatable bonds is 4. The molecule has 1 aromatic heterocycles. The highest BCUT2D eigenvalue weighted by molar-refractivity contribution is 9.10. The molecular weight excluding hydrogens is 308 g/mol. The van der Waals surface area contributed by atoms with Crippen molar-refractivity contribution < 1.29 is 9.90 Å². The smallest absolute Gasteiger partial charge is 0.210 e. The highest BCUT2D eigenvalue weighted by atomic mass is 79.9. The molecule has 19 heavy (non-hydrogen) atoms. The van der Waals surface area contributed by atoms with Gasteiger partial charge in [-0.2, -0.15) is 5.10 Å². The second-order valence-electron chi connectivity index (χ2n) is 5.59. The highest BCUT2D eigenvalue weighted by Gasteiger charge is 2.31. The van der Waals surface area contributed by atoms with Crippen molar-refractivity contribution in [3.63, 3.8) is 0 Å².